The molecule has 2 aromatic rings. The molecule has 0 radical (unpaired) electrons. The summed E-state index contributed by atoms with van der Waals surface area (Å²) in [6, 6.07) is 11.8. The van der Waals surface area contributed by atoms with Gasteiger partial charge in [-0.3, -0.25) is 0 Å². The fourth-order valence-electron chi connectivity index (χ4n) is 3.80. The van der Waals surface area contributed by atoms with Gasteiger partial charge in [0, 0.05) is 24.3 Å². The molecule has 0 aromatic heterocycles. The van der Waals surface area contributed by atoms with E-state index in [9.17, 15) is 10.2 Å². The zero-order valence-electron chi connectivity index (χ0n) is 17.6. The van der Waals surface area contributed by atoms with E-state index in [1.807, 2.05) is 38.1 Å². The van der Waals surface area contributed by atoms with Crippen molar-refractivity contribution in [3.63, 3.8) is 0 Å². The first kappa shape index (κ1) is 22.3. The molecule has 0 aliphatic heterocycles. The number of hydrogen-bond donors (Lipinski definition) is 2. The van der Waals surface area contributed by atoms with Crippen molar-refractivity contribution in [1.82, 2.24) is 0 Å². The van der Waals surface area contributed by atoms with Crippen molar-refractivity contribution in [3.8, 4) is 11.5 Å². The SMILES string of the molecule is CCOCc1ccc(C(CC)C(CC)c2ccc(COCC)c(O)c2)cc1O. The highest BCUT2D eigenvalue weighted by Gasteiger charge is 2.23. The molecule has 0 amide bonds. The van der Waals surface area contributed by atoms with Gasteiger partial charge in [-0.15, -0.1) is 0 Å². The molecule has 2 aromatic carbocycles. The summed E-state index contributed by atoms with van der Waals surface area (Å²) in [7, 11) is 0. The Hall–Kier alpha value is -2.04. The quantitative estimate of drug-likeness (QED) is 0.508. The van der Waals surface area contributed by atoms with Crippen LogP contribution in [0.4, 0.5) is 0 Å². The maximum atomic E-state index is 10.4. The van der Waals surface area contributed by atoms with E-state index in [-0.39, 0.29) is 23.3 Å². The van der Waals surface area contributed by atoms with Gasteiger partial charge >= 0.3 is 0 Å². The van der Waals surface area contributed by atoms with Crippen LogP contribution in [0.15, 0.2) is 36.4 Å². The number of hydrogen-bond acceptors (Lipinski definition) is 4. The third-order valence-corrected chi connectivity index (χ3v) is 5.36. The third-order valence-electron chi connectivity index (χ3n) is 5.36. The summed E-state index contributed by atoms with van der Waals surface area (Å²) in [6.07, 6.45) is 1.90. The van der Waals surface area contributed by atoms with Crippen molar-refractivity contribution in [3.05, 3.63) is 58.7 Å². The average molecular weight is 387 g/mol. The van der Waals surface area contributed by atoms with Crippen molar-refractivity contribution in [1.29, 1.82) is 0 Å². The van der Waals surface area contributed by atoms with E-state index in [0.717, 1.165) is 35.1 Å². The number of phenols is 2. The molecule has 0 saturated heterocycles. The maximum Gasteiger partial charge on any atom is 0.121 e. The molecule has 0 aliphatic carbocycles. The Labute approximate surface area is 169 Å². The molecule has 0 bridgehead atoms. The highest BCUT2D eigenvalue weighted by molar-refractivity contribution is 5.42. The van der Waals surface area contributed by atoms with E-state index >= 15 is 0 Å². The molecule has 2 N–H and O–H groups in total. The molecule has 0 saturated carbocycles. The molecule has 2 rings (SSSR count). The van der Waals surface area contributed by atoms with Crippen LogP contribution in [-0.4, -0.2) is 23.4 Å². The van der Waals surface area contributed by atoms with Crippen LogP contribution in [0.5, 0.6) is 11.5 Å². The van der Waals surface area contributed by atoms with E-state index in [0.29, 0.717) is 26.4 Å². The largest absolute Gasteiger partial charge is 0.508 e. The van der Waals surface area contributed by atoms with Crippen LogP contribution < -0.4 is 0 Å². The standard InChI is InChI=1S/C24H34O4/c1-5-21(17-9-11-19(15-27-7-3)23(25)13-17)22(6-2)18-10-12-20(16-28-8-4)24(26)14-18/h9-14,21-22,25-26H,5-8,15-16H2,1-4H3. The lowest BCUT2D eigenvalue weighted by Crippen LogP contribution is -2.11. The molecular formula is C24H34O4. The lowest BCUT2D eigenvalue weighted by atomic mass is 9.78. The van der Waals surface area contributed by atoms with E-state index in [2.05, 4.69) is 26.0 Å². The van der Waals surface area contributed by atoms with Crippen molar-refractivity contribution >= 4 is 0 Å². The van der Waals surface area contributed by atoms with Gasteiger partial charge in [-0.05, 0) is 61.8 Å². The van der Waals surface area contributed by atoms with Gasteiger partial charge in [0.1, 0.15) is 11.5 Å². The van der Waals surface area contributed by atoms with Crippen LogP contribution in [0.1, 0.15) is 74.6 Å². The minimum absolute atomic E-state index is 0.259. The Bertz CT molecular complexity index is 678. The summed E-state index contributed by atoms with van der Waals surface area (Å²) in [5, 5.41) is 20.8. The predicted molar refractivity (Wildman–Crippen MR) is 113 cm³/mol. The van der Waals surface area contributed by atoms with Gasteiger partial charge in [-0.2, -0.15) is 0 Å². The average Bonchev–Trinajstić information content (AvgIpc) is 2.70. The van der Waals surface area contributed by atoms with Gasteiger partial charge in [-0.1, -0.05) is 38.1 Å². The molecule has 2 unspecified atom stereocenters. The molecule has 28 heavy (non-hydrogen) atoms. The molecule has 0 heterocycles. The second-order valence-electron chi connectivity index (χ2n) is 7.08. The van der Waals surface area contributed by atoms with Crippen molar-refractivity contribution < 1.29 is 19.7 Å². The number of aromatic hydroxyl groups is 2. The topological polar surface area (TPSA) is 58.9 Å². The van der Waals surface area contributed by atoms with E-state index in [1.165, 1.54) is 0 Å². The molecule has 0 spiro atoms. The predicted octanol–water partition coefficient (Wildman–Crippen LogP) is 5.86. The smallest absolute Gasteiger partial charge is 0.121 e. The normalized spacial score (nSPS) is 13.4. The zero-order valence-corrected chi connectivity index (χ0v) is 17.6. The fraction of sp³-hybridized carbons (Fsp3) is 0.500. The van der Waals surface area contributed by atoms with Gasteiger partial charge in [0.2, 0.25) is 0 Å². The van der Waals surface area contributed by atoms with Crippen LogP contribution in [0.3, 0.4) is 0 Å². The zero-order chi connectivity index (χ0) is 20.5. The molecule has 0 aliphatic rings. The minimum Gasteiger partial charge on any atom is -0.508 e. The Morgan fingerprint density at radius 3 is 1.36 bits per heavy atom. The first-order valence-electron chi connectivity index (χ1n) is 10.3. The third kappa shape index (κ3) is 5.49. The summed E-state index contributed by atoms with van der Waals surface area (Å²) in [6.45, 7) is 10.3. The van der Waals surface area contributed by atoms with Gasteiger partial charge in [0.05, 0.1) is 13.2 Å². The lowest BCUT2D eigenvalue weighted by Gasteiger charge is -2.27. The number of benzene rings is 2. The first-order valence-corrected chi connectivity index (χ1v) is 10.3. The Morgan fingerprint density at radius 1 is 0.679 bits per heavy atom. The highest BCUT2D eigenvalue weighted by atomic mass is 16.5. The minimum atomic E-state index is 0.259. The van der Waals surface area contributed by atoms with Crippen LogP contribution in [-0.2, 0) is 22.7 Å². The second kappa shape index (κ2) is 11.1. The summed E-state index contributed by atoms with van der Waals surface area (Å²) in [5.74, 6) is 1.09. The fourth-order valence-corrected chi connectivity index (χ4v) is 3.80. The second-order valence-corrected chi connectivity index (χ2v) is 7.08. The van der Waals surface area contributed by atoms with Crippen LogP contribution in [0.2, 0.25) is 0 Å². The maximum absolute atomic E-state index is 10.4. The number of ether oxygens (including phenoxy) is 2. The summed E-state index contributed by atoms with van der Waals surface area (Å²) in [5.41, 5.74) is 3.85. The van der Waals surface area contributed by atoms with Crippen molar-refractivity contribution in [2.75, 3.05) is 13.2 Å². The monoisotopic (exact) mass is 386 g/mol. The highest BCUT2D eigenvalue weighted by Crippen LogP contribution is 2.40. The summed E-state index contributed by atoms with van der Waals surface area (Å²) in [4.78, 5) is 0. The van der Waals surface area contributed by atoms with E-state index < -0.39 is 0 Å². The van der Waals surface area contributed by atoms with Crippen LogP contribution in [0.25, 0.3) is 0 Å². The molecule has 2 atom stereocenters. The van der Waals surface area contributed by atoms with Crippen molar-refractivity contribution in [2.45, 2.75) is 65.6 Å². The summed E-state index contributed by atoms with van der Waals surface area (Å²) >= 11 is 0. The number of phenolic OH excluding ortho intramolecular Hbond substituents is 2. The van der Waals surface area contributed by atoms with Gasteiger partial charge in [0.15, 0.2) is 0 Å². The van der Waals surface area contributed by atoms with Gasteiger partial charge in [0.25, 0.3) is 0 Å². The molecule has 4 nitrogen and oxygen atoms in total. The van der Waals surface area contributed by atoms with Crippen LogP contribution >= 0.6 is 0 Å². The van der Waals surface area contributed by atoms with Crippen molar-refractivity contribution in [2.24, 2.45) is 0 Å². The van der Waals surface area contributed by atoms with E-state index in [4.69, 9.17) is 9.47 Å². The Kier molecular flexibility index (Phi) is 8.81. The van der Waals surface area contributed by atoms with E-state index in [1.54, 1.807) is 0 Å². The summed E-state index contributed by atoms with van der Waals surface area (Å²) < 4.78 is 10.8. The van der Waals surface area contributed by atoms with Crippen LogP contribution in [0, 0.1) is 0 Å². The Balaban J connectivity index is 2.28. The molecule has 154 valence electrons. The first-order chi connectivity index (χ1) is 13.5. The van der Waals surface area contributed by atoms with Gasteiger partial charge < -0.3 is 19.7 Å². The molecule has 0 fully saturated rings. The lowest BCUT2D eigenvalue weighted by molar-refractivity contribution is 0.132. The Morgan fingerprint density at radius 2 is 1.07 bits per heavy atom. The van der Waals surface area contributed by atoms with Gasteiger partial charge in [-0.25, -0.2) is 0 Å². The molecular weight excluding hydrogens is 352 g/mol. The number of rotatable bonds is 11. The molecule has 4 heteroatoms.